The van der Waals surface area contributed by atoms with Crippen molar-refractivity contribution in [3.05, 3.63) is 0 Å². The number of likely N-dealkylation sites (tertiary alicyclic amines) is 1. The van der Waals surface area contributed by atoms with Crippen molar-refractivity contribution >= 4 is 5.91 Å². The summed E-state index contributed by atoms with van der Waals surface area (Å²) in [6, 6.07) is 0.231. The molecule has 1 unspecified atom stereocenters. The smallest absolute Gasteiger partial charge is 0.234 e. The summed E-state index contributed by atoms with van der Waals surface area (Å²) >= 11 is 0. The molecule has 1 aliphatic rings. The number of carbonyl (C=O) groups is 1. The molecule has 106 valence electrons. The molecule has 1 rings (SSSR count). The van der Waals surface area contributed by atoms with Crippen LogP contribution >= 0.6 is 0 Å². The Bertz CT molecular complexity index is 269. The van der Waals surface area contributed by atoms with E-state index in [4.69, 9.17) is 10.5 Å². The fourth-order valence-electron chi connectivity index (χ4n) is 2.29. The highest BCUT2D eigenvalue weighted by Crippen LogP contribution is 2.27. The fraction of sp³-hybridized carbons (Fsp3) is 0.923. The summed E-state index contributed by atoms with van der Waals surface area (Å²) in [6.07, 6.45) is 0.958. The van der Waals surface area contributed by atoms with E-state index in [9.17, 15) is 4.79 Å². The number of nitrogens with one attached hydrogen (secondary N) is 1. The summed E-state index contributed by atoms with van der Waals surface area (Å²) in [4.78, 5) is 13.9. The maximum Gasteiger partial charge on any atom is 0.234 e. The predicted molar refractivity (Wildman–Crippen MR) is 72.3 cm³/mol. The van der Waals surface area contributed by atoms with Gasteiger partial charge >= 0.3 is 0 Å². The van der Waals surface area contributed by atoms with E-state index in [0.29, 0.717) is 26.3 Å². The number of hydrogen-bond donors (Lipinski definition) is 2. The summed E-state index contributed by atoms with van der Waals surface area (Å²) in [7, 11) is 0. The predicted octanol–water partition coefficient (Wildman–Crippen LogP) is 0.198. The Balaban J connectivity index is 2.24. The third-order valence-corrected chi connectivity index (χ3v) is 3.53. The fourth-order valence-corrected chi connectivity index (χ4v) is 2.29. The van der Waals surface area contributed by atoms with Gasteiger partial charge in [0.1, 0.15) is 0 Å². The zero-order valence-corrected chi connectivity index (χ0v) is 11.9. The summed E-state index contributed by atoms with van der Waals surface area (Å²) < 4.78 is 5.18. The number of ether oxygens (including phenoxy) is 1. The van der Waals surface area contributed by atoms with E-state index in [1.165, 1.54) is 0 Å². The number of amides is 1. The summed E-state index contributed by atoms with van der Waals surface area (Å²) in [5.74, 6) is 0.0703. The van der Waals surface area contributed by atoms with Crippen LogP contribution in [-0.4, -0.2) is 56.2 Å². The zero-order valence-electron chi connectivity index (χ0n) is 11.9. The SMILES string of the molecule is CCOCCNC(=O)CN1CCC(N)C(C)(C)C1. The van der Waals surface area contributed by atoms with Crippen molar-refractivity contribution in [3.8, 4) is 0 Å². The molecule has 0 radical (unpaired) electrons. The lowest BCUT2D eigenvalue weighted by Gasteiger charge is -2.42. The second kappa shape index (κ2) is 7.07. The van der Waals surface area contributed by atoms with Crippen LogP contribution in [0.3, 0.4) is 0 Å². The minimum Gasteiger partial charge on any atom is -0.380 e. The van der Waals surface area contributed by atoms with E-state index in [1.807, 2.05) is 6.92 Å². The largest absolute Gasteiger partial charge is 0.380 e. The van der Waals surface area contributed by atoms with Gasteiger partial charge in [-0.3, -0.25) is 9.69 Å². The first kappa shape index (κ1) is 15.4. The van der Waals surface area contributed by atoms with Crippen LogP contribution in [0.15, 0.2) is 0 Å². The molecule has 1 heterocycles. The molecule has 1 atom stereocenters. The Labute approximate surface area is 110 Å². The molecular formula is C13H27N3O2. The van der Waals surface area contributed by atoms with Crippen LogP contribution in [0, 0.1) is 5.41 Å². The average molecular weight is 257 g/mol. The van der Waals surface area contributed by atoms with Crippen molar-refractivity contribution in [3.63, 3.8) is 0 Å². The number of rotatable bonds is 6. The van der Waals surface area contributed by atoms with E-state index >= 15 is 0 Å². The van der Waals surface area contributed by atoms with E-state index < -0.39 is 0 Å². The summed E-state index contributed by atoms with van der Waals surface area (Å²) in [5, 5.41) is 2.87. The molecule has 0 bridgehead atoms. The van der Waals surface area contributed by atoms with Crippen LogP contribution in [0.4, 0.5) is 0 Å². The van der Waals surface area contributed by atoms with Gasteiger partial charge in [-0.1, -0.05) is 13.8 Å². The molecule has 1 amide bonds. The molecule has 0 aliphatic carbocycles. The monoisotopic (exact) mass is 257 g/mol. The molecule has 5 heteroatoms. The van der Waals surface area contributed by atoms with Crippen LogP contribution in [0.25, 0.3) is 0 Å². The van der Waals surface area contributed by atoms with E-state index in [0.717, 1.165) is 19.5 Å². The minimum atomic E-state index is 0.0703. The van der Waals surface area contributed by atoms with Gasteiger partial charge in [-0.2, -0.15) is 0 Å². The summed E-state index contributed by atoms with van der Waals surface area (Å²) in [6.45, 7) is 10.4. The molecule has 3 N–H and O–H groups in total. The Kier molecular flexibility index (Phi) is 6.05. The van der Waals surface area contributed by atoms with Gasteiger partial charge in [-0.15, -0.1) is 0 Å². The highest BCUT2D eigenvalue weighted by Gasteiger charge is 2.33. The average Bonchev–Trinajstić information content (AvgIpc) is 2.29. The van der Waals surface area contributed by atoms with Crippen LogP contribution in [-0.2, 0) is 9.53 Å². The molecule has 0 saturated carbocycles. The third-order valence-electron chi connectivity index (χ3n) is 3.53. The van der Waals surface area contributed by atoms with E-state index in [-0.39, 0.29) is 17.4 Å². The molecule has 0 aromatic heterocycles. The lowest BCUT2D eigenvalue weighted by molar-refractivity contribution is -0.123. The molecule has 0 spiro atoms. The lowest BCUT2D eigenvalue weighted by Crippen LogP contribution is -2.54. The van der Waals surface area contributed by atoms with Crippen molar-refractivity contribution < 1.29 is 9.53 Å². The Morgan fingerprint density at radius 1 is 1.56 bits per heavy atom. The molecule has 0 aromatic rings. The first-order chi connectivity index (χ1) is 8.45. The normalized spacial score (nSPS) is 23.9. The van der Waals surface area contributed by atoms with Gasteiger partial charge in [0.25, 0.3) is 0 Å². The minimum absolute atomic E-state index is 0.0703. The van der Waals surface area contributed by atoms with Gasteiger partial charge in [-0.25, -0.2) is 0 Å². The molecule has 1 saturated heterocycles. The molecule has 5 nitrogen and oxygen atoms in total. The van der Waals surface area contributed by atoms with Crippen LogP contribution in [0.5, 0.6) is 0 Å². The van der Waals surface area contributed by atoms with Crippen molar-refractivity contribution in [1.29, 1.82) is 0 Å². The standard InChI is InChI=1S/C13H27N3O2/c1-4-18-8-6-15-12(17)9-16-7-5-11(14)13(2,3)10-16/h11H,4-10,14H2,1-3H3,(H,15,17). The lowest BCUT2D eigenvalue weighted by atomic mass is 9.80. The maximum absolute atomic E-state index is 11.7. The van der Waals surface area contributed by atoms with Crippen molar-refractivity contribution in [2.45, 2.75) is 33.2 Å². The van der Waals surface area contributed by atoms with Gasteiger partial charge in [-0.05, 0) is 18.8 Å². The van der Waals surface area contributed by atoms with Gasteiger partial charge in [0.15, 0.2) is 0 Å². The third kappa shape index (κ3) is 4.92. The quantitative estimate of drug-likeness (QED) is 0.667. The molecule has 0 aromatic carbocycles. The van der Waals surface area contributed by atoms with Gasteiger partial charge in [0, 0.05) is 32.3 Å². The highest BCUT2D eigenvalue weighted by atomic mass is 16.5. The second-order valence-corrected chi connectivity index (χ2v) is 5.64. The molecule has 1 aliphatic heterocycles. The summed E-state index contributed by atoms with van der Waals surface area (Å²) in [5.41, 5.74) is 6.16. The number of piperidine rings is 1. The van der Waals surface area contributed by atoms with Crippen molar-refractivity contribution in [1.82, 2.24) is 10.2 Å². The van der Waals surface area contributed by atoms with Gasteiger partial charge < -0.3 is 15.8 Å². The van der Waals surface area contributed by atoms with Crippen LogP contribution in [0.2, 0.25) is 0 Å². The van der Waals surface area contributed by atoms with Crippen LogP contribution < -0.4 is 11.1 Å². The maximum atomic E-state index is 11.7. The van der Waals surface area contributed by atoms with Crippen molar-refractivity contribution in [2.75, 3.05) is 39.4 Å². The number of nitrogens with zero attached hydrogens (tertiary/aromatic N) is 1. The van der Waals surface area contributed by atoms with Gasteiger partial charge in [0.05, 0.1) is 13.2 Å². The molecular weight excluding hydrogens is 230 g/mol. The highest BCUT2D eigenvalue weighted by molar-refractivity contribution is 5.78. The topological polar surface area (TPSA) is 67.6 Å². The Morgan fingerprint density at radius 2 is 2.28 bits per heavy atom. The zero-order chi connectivity index (χ0) is 13.6. The number of hydrogen-bond acceptors (Lipinski definition) is 4. The Morgan fingerprint density at radius 3 is 2.89 bits per heavy atom. The number of carbonyl (C=O) groups excluding carboxylic acids is 1. The Hall–Kier alpha value is -0.650. The first-order valence-corrected chi connectivity index (χ1v) is 6.78. The van der Waals surface area contributed by atoms with Crippen molar-refractivity contribution in [2.24, 2.45) is 11.1 Å². The molecule has 18 heavy (non-hydrogen) atoms. The molecule has 1 fully saturated rings. The van der Waals surface area contributed by atoms with Gasteiger partial charge in [0.2, 0.25) is 5.91 Å². The van der Waals surface area contributed by atoms with Crippen LogP contribution in [0.1, 0.15) is 27.2 Å². The number of nitrogens with two attached hydrogens (primary N) is 1. The first-order valence-electron chi connectivity index (χ1n) is 6.78. The second-order valence-electron chi connectivity index (χ2n) is 5.64. The van der Waals surface area contributed by atoms with E-state index in [1.54, 1.807) is 0 Å². The van der Waals surface area contributed by atoms with E-state index in [2.05, 4.69) is 24.1 Å².